The largest absolute Gasteiger partial charge is 0.495 e. The molecule has 0 amide bonds. The fourth-order valence-electron chi connectivity index (χ4n) is 4.38. The Bertz CT molecular complexity index is 1460. The van der Waals surface area contributed by atoms with Crippen LogP contribution in [0.3, 0.4) is 0 Å². The highest BCUT2D eigenvalue weighted by atomic mass is 32.2. The summed E-state index contributed by atoms with van der Waals surface area (Å²) in [7, 11) is -1.94. The number of hydrogen-bond acceptors (Lipinski definition) is 8. The molecule has 3 aromatic rings. The Labute approximate surface area is 209 Å². The molecule has 0 saturated carbocycles. The molecule has 0 atom stereocenters. The zero-order valence-corrected chi connectivity index (χ0v) is 21.4. The van der Waals surface area contributed by atoms with Crippen LogP contribution in [0.2, 0.25) is 0 Å². The number of methoxy groups -OCH3 is 1. The van der Waals surface area contributed by atoms with E-state index >= 15 is 0 Å². The van der Waals surface area contributed by atoms with E-state index in [9.17, 15) is 18.0 Å². The highest BCUT2D eigenvalue weighted by Crippen LogP contribution is 2.29. The van der Waals surface area contributed by atoms with Gasteiger partial charge >= 0.3 is 5.69 Å². The number of benzene rings is 2. The van der Waals surface area contributed by atoms with Crippen molar-refractivity contribution in [1.29, 1.82) is 0 Å². The third-order valence-electron chi connectivity index (χ3n) is 6.12. The predicted molar refractivity (Wildman–Crippen MR) is 140 cm³/mol. The van der Waals surface area contributed by atoms with Crippen molar-refractivity contribution in [1.82, 2.24) is 14.5 Å². The van der Waals surface area contributed by atoms with Gasteiger partial charge in [0.05, 0.1) is 42.3 Å². The van der Waals surface area contributed by atoms with Gasteiger partial charge in [0, 0.05) is 45.3 Å². The first-order chi connectivity index (χ1) is 17.2. The number of hydrogen-bond donors (Lipinski definition) is 2. The standard InChI is InChI=1S/C24H31N5O6S/c1-4-35-22-16-18-17(15-19(22)26-36(3,32)33)23(30)29(24(31)25-18)14-11-27-9-12-28(13-10-27)20-7-5-6-8-21(20)34-2/h5-8,15-16,26H,4,9-14H2,1-3H3,(H,25,31). The van der Waals surface area contributed by atoms with E-state index in [1.54, 1.807) is 14.0 Å². The van der Waals surface area contributed by atoms with Gasteiger partial charge in [-0.15, -0.1) is 0 Å². The van der Waals surface area contributed by atoms with Crippen LogP contribution in [0, 0.1) is 0 Å². The Morgan fingerprint density at radius 2 is 1.75 bits per heavy atom. The smallest absolute Gasteiger partial charge is 0.328 e. The van der Waals surface area contributed by atoms with Crippen molar-refractivity contribution < 1.29 is 17.9 Å². The molecular weight excluding hydrogens is 486 g/mol. The number of ether oxygens (including phenoxy) is 2. The van der Waals surface area contributed by atoms with Gasteiger partial charge in [-0.25, -0.2) is 13.2 Å². The molecule has 2 aromatic carbocycles. The first-order valence-corrected chi connectivity index (χ1v) is 13.6. The molecule has 1 aliphatic heterocycles. The van der Waals surface area contributed by atoms with Gasteiger partial charge in [-0.2, -0.15) is 0 Å². The van der Waals surface area contributed by atoms with Crippen LogP contribution < -0.4 is 30.3 Å². The van der Waals surface area contributed by atoms with E-state index in [2.05, 4.69) is 19.5 Å². The third-order valence-corrected chi connectivity index (χ3v) is 6.71. The fourth-order valence-corrected chi connectivity index (χ4v) is 4.94. The predicted octanol–water partition coefficient (Wildman–Crippen LogP) is 1.29. The van der Waals surface area contributed by atoms with Crippen molar-refractivity contribution in [2.45, 2.75) is 13.5 Å². The van der Waals surface area contributed by atoms with Gasteiger partial charge in [0.25, 0.3) is 5.56 Å². The van der Waals surface area contributed by atoms with Crippen LogP contribution in [0.5, 0.6) is 11.5 Å². The molecular formula is C24H31N5O6S. The van der Waals surface area contributed by atoms with E-state index < -0.39 is 21.3 Å². The van der Waals surface area contributed by atoms with E-state index in [1.165, 1.54) is 12.1 Å². The molecule has 11 nitrogen and oxygen atoms in total. The monoisotopic (exact) mass is 517 g/mol. The summed E-state index contributed by atoms with van der Waals surface area (Å²) in [4.78, 5) is 33.1. The summed E-state index contributed by atoms with van der Waals surface area (Å²) in [5.41, 5.74) is 0.475. The lowest BCUT2D eigenvalue weighted by atomic mass is 10.2. The molecule has 36 heavy (non-hydrogen) atoms. The van der Waals surface area contributed by atoms with E-state index in [4.69, 9.17) is 9.47 Å². The second kappa shape index (κ2) is 10.6. The first kappa shape index (κ1) is 25.6. The molecule has 1 aliphatic rings. The maximum Gasteiger partial charge on any atom is 0.328 e. The molecule has 2 heterocycles. The van der Waals surface area contributed by atoms with E-state index in [1.807, 2.05) is 24.3 Å². The van der Waals surface area contributed by atoms with Crippen molar-refractivity contribution in [2.75, 3.05) is 62.3 Å². The summed E-state index contributed by atoms with van der Waals surface area (Å²) in [5, 5.41) is 0.199. The zero-order chi connectivity index (χ0) is 25.9. The van der Waals surface area contributed by atoms with Crippen LogP contribution in [0.4, 0.5) is 11.4 Å². The van der Waals surface area contributed by atoms with Crippen LogP contribution in [0.1, 0.15) is 6.92 Å². The summed E-state index contributed by atoms with van der Waals surface area (Å²) in [5.74, 6) is 1.06. The normalized spacial score (nSPS) is 14.7. The second-order valence-corrected chi connectivity index (χ2v) is 10.3. The van der Waals surface area contributed by atoms with Gasteiger partial charge in [-0.1, -0.05) is 12.1 Å². The Balaban J connectivity index is 1.51. The summed E-state index contributed by atoms with van der Waals surface area (Å²) < 4.78 is 38.1. The number of anilines is 2. The summed E-state index contributed by atoms with van der Waals surface area (Å²) in [6, 6.07) is 10.8. The second-order valence-electron chi connectivity index (χ2n) is 8.59. The molecule has 2 N–H and O–H groups in total. The molecule has 0 aliphatic carbocycles. The minimum atomic E-state index is -3.60. The van der Waals surface area contributed by atoms with Crippen molar-refractivity contribution in [3.8, 4) is 11.5 Å². The molecule has 4 rings (SSSR count). The number of aromatic nitrogens is 2. The van der Waals surface area contributed by atoms with E-state index in [0.29, 0.717) is 6.54 Å². The first-order valence-electron chi connectivity index (χ1n) is 11.7. The third kappa shape index (κ3) is 5.65. The van der Waals surface area contributed by atoms with Crippen LogP contribution in [0.15, 0.2) is 46.0 Å². The number of sulfonamides is 1. The Hall–Kier alpha value is -3.51. The maximum atomic E-state index is 13.2. The number of H-pyrrole nitrogens is 1. The SMILES string of the molecule is CCOc1cc2[nH]c(=O)n(CCN3CCN(c4ccccc4OC)CC3)c(=O)c2cc1NS(C)(=O)=O. The topological polar surface area (TPSA) is 126 Å². The highest BCUT2D eigenvalue weighted by molar-refractivity contribution is 7.92. The minimum Gasteiger partial charge on any atom is -0.495 e. The average Bonchev–Trinajstić information content (AvgIpc) is 2.84. The maximum absolute atomic E-state index is 13.2. The van der Waals surface area contributed by atoms with Crippen molar-refractivity contribution in [3.05, 3.63) is 57.2 Å². The Morgan fingerprint density at radius 1 is 1.03 bits per heavy atom. The lowest BCUT2D eigenvalue weighted by Crippen LogP contribution is -2.48. The Morgan fingerprint density at radius 3 is 2.42 bits per heavy atom. The van der Waals surface area contributed by atoms with Gasteiger partial charge < -0.3 is 19.4 Å². The zero-order valence-electron chi connectivity index (χ0n) is 20.6. The van der Waals surface area contributed by atoms with Gasteiger partial charge in [-0.05, 0) is 25.1 Å². The molecule has 0 spiro atoms. The molecule has 1 saturated heterocycles. The summed E-state index contributed by atoms with van der Waals surface area (Å²) >= 11 is 0. The van der Waals surface area contributed by atoms with Gasteiger partial charge in [-0.3, -0.25) is 19.0 Å². The van der Waals surface area contributed by atoms with Gasteiger partial charge in [0.2, 0.25) is 10.0 Å². The molecule has 1 aromatic heterocycles. The lowest BCUT2D eigenvalue weighted by Gasteiger charge is -2.36. The average molecular weight is 518 g/mol. The lowest BCUT2D eigenvalue weighted by molar-refractivity contribution is 0.245. The number of para-hydroxylation sites is 2. The number of aromatic amines is 1. The fraction of sp³-hybridized carbons (Fsp3) is 0.417. The van der Waals surface area contributed by atoms with Crippen molar-refractivity contribution in [2.24, 2.45) is 0 Å². The number of fused-ring (bicyclic) bond motifs is 1. The number of nitrogens with zero attached hydrogens (tertiary/aromatic N) is 3. The Kier molecular flexibility index (Phi) is 7.55. The number of rotatable bonds is 9. The van der Waals surface area contributed by atoms with E-state index in [-0.39, 0.29) is 35.5 Å². The van der Waals surface area contributed by atoms with Crippen molar-refractivity contribution in [3.63, 3.8) is 0 Å². The van der Waals surface area contributed by atoms with Crippen LogP contribution in [-0.2, 0) is 16.6 Å². The van der Waals surface area contributed by atoms with Crippen molar-refractivity contribution >= 4 is 32.3 Å². The molecule has 1 fully saturated rings. The van der Waals surface area contributed by atoms with Gasteiger partial charge in [0.15, 0.2) is 0 Å². The minimum absolute atomic E-state index is 0.148. The molecule has 0 bridgehead atoms. The number of nitrogens with one attached hydrogen (secondary N) is 2. The molecule has 0 unspecified atom stereocenters. The quantitative estimate of drug-likeness (QED) is 0.435. The van der Waals surface area contributed by atoms with Crippen LogP contribution >= 0.6 is 0 Å². The highest BCUT2D eigenvalue weighted by Gasteiger charge is 2.20. The molecule has 0 radical (unpaired) electrons. The number of piperazine rings is 1. The molecule has 12 heteroatoms. The molecule has 194 valence electrons. The van der Waals surface area contributed by atoms with E-state index in [0.717, 1.165) is 48.4 Å². The van der Waals surface area contributed by atoms with Gasteiger partial charge in [0.1, 0.15) is 11.5 Å². The van der Waals surface area contributed by atoms with Crippen LogP contribution in [-0.4, -0.2) is 75.6 Å². The summed E-state index contributed by atoms with van der Waals surface area (Å²) in [6.45, 7) is 5.92. The summed E-state index contributed by atoms with van der Waals surface area (Å²) in [6.07, 6.45) is 1.02. The van der Waals surface area contributed by atoms with Crippen LogP contribution in [0.25, 0.3) is 10.9 Å².